The first-order chi connectivity index (χ1) is 17.7. The molecule has 0 aromatic heterocycles. The Balaban J connectivity index is 2.58. The lowest BCUT2D eigenvalue weighted by atomic mass is 10.0. The molecule has 0 aliphatic carbocycles. The van der Waals surface area contributed by atoms with Gasteiger partial charge in [0.1, 0.15) is 11.5 Å². The second-order valence-corrected chi connectivity index (χ2v) is 8.36. The number of carbonyl (C=O) groups is 5. The maximum atomic E-state index is 13.4. The average Bonchev–Trinajstić information content (AvgIpc) is 2.83. The summed E-state index contributed by atoms with van der Waals surface area (Å²) in [6.07, 6.45) is 0. The molecular weight excluding hydrogens is 492 g/mol. The van der Waals surface area contributed by atoms with E-state index in [0.717, 1.165) is 0 Å². The summed E-state index contributed by atoms with van der Waals surface area (Å²) in [4.78, 5) is 61.7. The molecule has 0 saturated heterocycles. The maximum Gasteiger partial charge on any atom is 0.338 e. The lowest BCUT2D eigenvalue weighted by Crippen LogP contribution is -2.14. The highest BCUT2D eigenvalue weighted by Gasteiger charge is 2.21. The Morgan fingerprint density at radius 2 is 0.895 bits per heavy atom. The van der Waals surface area contributed by atoms with E-state index in [1.54, 1.807) is 0 Å². The van der Waals surface area contributed by atoms with Crippen LogP contribution in [0.1, 0.15) is 43.6 Å². The molecule has 0 amide bonds. The number of ketones is 1. The van der Waals surface area contributed by atoms with Gasteiger partial charge >= 0.3 is 23.9 Å². The minimum absolute atomic E-state index is 0.00481. The van der Waals surface area contributed by atoms with Crippen molar-refractivity contribution in [2.75, 3.05) is 0 Å². The first-order valence-electron chi connectivity index (χ1n) is 11.0. The number of ether oxygens (including phenoxy) is 4. The zero-order valence-electron chi connectivity index (χ0n) is 21.5. The highest BCUT2D eigenvalue weighted by Crippen LogP contribution is 2.32. The Bertz CT molecular complexity index is 1360. The Hall–Kier alpha value is -5.05. The smallest absolute Gasteiger partial charge is 0.338 e. The van der Waals surface area contributed by atoms with Crippen molar-refractivity contribution in [3.8, 4) is 23.0 Å². The molecular formula is C29H26O9. The van der Waals surface area contributed by atoms with E-state index >= 15 is 0 Å². The third-order valence-corrected chi connectivity index (χ3v) is 4.57. The van der Waals surface area contributed by atoms with Crippen molar-refractivity contribution in [3.05, 3.63) is 96.1 Å². The van der Waals surface area contributed by atoms with E-state index in [-0.39, 0.29) is 56.4 Å². The third kappa shape index (κ3) is 7.72. The molecule has 9 nitrogen and oxygen atoms in total. The molecule has 0 aliphatic rings. The van der Waals surface area contributed by atoms with Crippen LogP contribution in [0.15, 0.2) is 85.0 Å². The second-order valence-electron chi connectivity index (χ2n) is 8.36. The van der Waals surface area contributed by atoms with Crippen molar-refractivity contribution in [1.82, 2.24) is 0 Å². The minimum atomic E-state index is -0.815. The summed E-state index contributed by atoms with van der Waals surface area (Å²) in [6.45, 7) is 19.8. The van der Waals surface area contributed by atoms with E-state index in [1.165, 1.54) is 64.1 Å². The fourth-order valence-electron chi connectivity index (χ4n) is 2.56. The molecule has 2 rings (SSSR count). The molecule has 0 aliphatic heterocycles. The van der Waals surface area contributed by atoms with Crippen LogP contribution in [-0.4, -0.2) is 29.7 Å². The summed E-state index contributed by atoms with van der Waals surface area (Å²) in [5, 5.41) is 0. The molecule has 38 heavy (non-hydrogen) atoms. The van der Waals surface area contributed by atoms with Gasteiger partial charge in [-0.1, -0.05) is 26.3 Å². The van der Waals surface area contributed by atoms with Crippen molar-refractivity contribution in [2.24, 2.45) is 0 Å². The monoisotopic (exact) mass is 518 g/mol. The zero-order valence-corrected chi connectivity index (χ0v) is 21.5. The summed E-state index contributed by atoms with van der Waals surface area (Å²) in [5.41, 5.74) is 0.336. The molecule has 2 aromatic rings. The van der Waals surface area contributed by atoms with Crippen LogP contribution in [-0.2, 0) is 19.2 Å². The molecule has 0 N–H and O–H groups in total. The molecule has 196 valence electrons. The number of hydrogen-bond acceptors (Lipinski definition) is 9. The van der Waals surface area contributed by atoms with Crippen molar-refractivity contribution in [2.45, 2.75) is 27.7 Å². The predicted molar refractivity (Wildman–Crippen MR) is 138 cm³/mol. The fourth-order valence-corrected chi connectivity index (χ4v) is 2.56. The third-order valence-electron chi connectivity index (χ3n) is 4.57. The maximum absolute atomic E-state index is 13.4. The topological polar surface area (TPSA) is 122 Å². The fraction of sp³-hybridized carbons (Fsp3) is 0.138. The molecule has 0 bridgehead atoms. The molecule has 0 spiro atoms. The van der Waals surface area contributed by atoms with E-state index < -0.39 is 29.7 Å². The average molecular weight is 519 g/mol. The molecule has 0 saturated carbocycles. The Morgan fingerprint density at radius 3 is 1.32 bits per heavy atom. The van der Waals surface area contributed by atoms with E-state index in [4.69, 9.17) is 18.9 Å². The van der Waals surface area contributed by atoms with Crippen LogP contribution in [0, 0.1) is 0 Å². The van der Waals surface area contributed by atoms with Crippen LogP contribution in [0.2, 0.25) is 0 Å². The first kappa shape index (κ1) is 29.2. The van der Waals surface area contributed by atoms with Gasteiger partial charge in [0.2, 0.25) is 0 Å². The Kier molecular flexibility index (Phi) is 9.42. The molecule has 0 atom stereocenters. The first-order valence-corrected chi connectivity index (χ1v) is 11.0. The second kappa shape index (κ2) is 12.3. The van der Waals surface area contributed by atoms with Gasteiger partial charge in [-0.05, 0) is 58.0 Å². The van der Waals surface area contributed by atoms with Gasteiger partial charge in [-0.15, -0.1) is 0 Å². The quantitative estimate of drug-likeness (QED) is 0.188. The van der Waals surface area contributed by atoms with Gasteiger partial charge in [0.15, 0.2) is 17.3 Å². The SMILES string of the molecule is C=C(C)C(=O)Oc1cc(OC(=O)C(=C)C)cc(C(=O)c2ccc(OC(=O)C(=C)C)c(OC(=O)C(=C)C)c2)c1. The highest BCUT2D eigenvalue weighted by molar-refractivity contribution is 6.10. The van der Waals surface area contributed by atoms with Gasteiger partial charge in [-0.2, -0.15) is 0 Å². The van der Waals surface area contributed by atoms with Crippen molar-refractivity contribution >= 4 is 29.7 Å². The van der Waals surface area contributed by atoms with Crippen LogP contribution < -0.4 is 18.9 Å². The largest absolute Gasteiger partial charge is 0.423 e. The van der Waals surface area contributed by atoms with Crippen LogP contribution in [0.4, 0.5) is 0 Å². The van der Waals surface area contributed by atoms with Gasteiger partial charge < -0.3 is 18.9 Å². The highest BCUT2D eigenvalue weighted by atomic mass is 16.6. The molecule has 9 heteroatoms. The standard InChI is InChI=1S/C29H26O9/c1-15(2)26(31)35-21-11-20(12-22(14-21)36-27(32)16(3)4)25(30)19-9-10-23(37-28(33)17(5)6)24(13-19)38-29(34)18(7)8/h9-14H,1,3,5,7H2,2,4,6,8H3. The number of carbonyl (C=O) groups excluding carboxylic acids is 5. The van der Waals surface area contributed by atoms with Crippen LogP contribution in [0.5, 0.6) is 23.0 Å². The molecule has 0 radical (unpaired) electrons. The number of rotatable bonds is 10. The van der Waals surface area contributed by atoms with E-state index in [1.807, 2.05) is 0 Å². The summed E-state index contributed by atoms with van der Waals surface area (Å²) in [5.74, 6) is -4.27. The van der Waals surface area contributed by atoms with Gasteiger partial charge in [0, 0.05) is 39.5 Å². The summed E-state index contributed by atoms with van der Waals surface area (Å²) < 4.78 is 20.9. The van der Waals surface area contributed by atoms with Crippen LogP contribution in [0.25, 0.3) is 0 Å². The van der Waals surface area contributed by atoms with E-state index in [2.05, 4.69) is 26.3 Å². The van der Waals surface area contributed by atoms with Crippen molar-refractivity contribution < 1.29 is 42.9 Å². The summed E-state index contributed by atoms with van der Waals surface area (Å²) in [7, 11) is 0. The lowest BCUT2D eigenvalue weighted by molar-refractivity contribution is -0.132. The van der Waals surface area contributed by atoms with Crippen molar-refractivity contribution in [1.29, 1.82) is 0 Å². The summed E-state index contributed by atoms with van der Waals surface area (Å²) >= 11 is 0. The molecule has 0 fully saturated rings. The molecule has 0 unspecified atom stereocenters. The van der Waals surface area contributed by atoms with E-state index in [0.29, 0.717) is 0 Å². The molecule has 2 aromatic carbocycles. The summed E-state index contributed by atoms with van der Waals surface area (Å²) in [6, 6.07) is 7.55. The van der Waals surface area contributed by atoms with Gasteiger partial charge in [0.05, 0.1) is 0 Å². The Labute approximate surface area is 219 Å². The van der Waals surface area contributed by atoms with Gasteiger partial charge in [0.25, 0.3) is 0 Å². The number of benzene rings is 2. The normalized spacial score (nSPS) is 10.0. The Morgan fingerprint density at radius 1 is 0.500 bits per heavy atom. The lowest BCUT2D eigenvalue weighted by Gasteiger charge is -2.13. The van der Waals surface area contributed by atoms with Crippen molar-refractivity contribution in [3.63, 3.8) is 0 Å². The van der Waals surface area contributed by atoms with E-state index in [9.17, 15) is 24.0 Å². The van der Waals surface area contributed by atoms with Gasteiger partial charge in [-0.3, -0.25) is 4.79 Å². The van der Waals surface area contributed by atoms with Crippen LogP contribution in [0.3, 0.4) is 0 Å². The van der Waals surface area contributed by atoms with Crippen LogP contribution >= 0.6 is 0 Å². The minimum Gasteiger partial charge on any atom is -0.423 e. The van der Waals surface area contributed by atoms with Gasteiger partial charge in [-0.25, -0.2) is 19.2 Å². The zero-order chi connectivity index (χ0) is 28.7. The number of esters is 4. The number of hydrogen-bond donors (Lipinski definition) is 0. The molecule has 0 heterocycles. The predicted octanol–water partition coefficient (Wildman–Crippen LogP) is 4.84.